The van der Waals surface area contributed by atoms with E-state index >= 15 is 0 Å². The standard InChI is InChI=1S/C14H23NO3S/c1-5-11(2)10-15(4)19(17,18)14-8-6-13(7-9-14)12(3)16/h6-9,11-12,16H,5,10H2,1-4H3. The van der Waals surface area contributed by atoms with Gasteiger partial charge in [0.15, 0.2) is 0 Å². The summed E-state index contributed by atoms with van der Waals surface area (Å²) in [7, 11) is -1.83. The molecule has 2 atom stereocenters. The molecule has 1 aromatic rings. The van der Waals surface area contributed by atoms with Gasteiger partial charge in [0, 0.05) is 13.6 Å². The lowest BCUT2D eigenvalue weighted by Gasteiger charge is -2.20. The number of aliphatic hydroxyl groups is 1. The molecule has 1 rings (SSSR count). The Kier molecular flexibility index (Phi) is 5.52. The van der Waals surface area contributed by atoms with Gasteiger partial charge in [0.05, 0.1) is 11.0 Å². The Balaban J connectivity index is 2.93. The van der Waals surface area contributed by atoms with E-state index in [0.717, 1.165) is 6.42 Å². The fourth-order valence-electron chi connectivity index (χ4n) is 1.76. The monoisotopic (exact) mass is 285 g/mol. The number of hydrogen-bond donors (Lipinski definition) is 1. The normalized spacial score (nSPS) is 15.5. The Morgan fingerprint density at radius 2 is 1.74 bits per heavy atom. The second-order valence-electron chi connectivity index (χ2n) is 5.04. The Morgan fingerprint density at radius 3 is 2.16 bits per heavy atom. The van der Waals surface area contributed by atoms with Crippen molar-refractivity contribution in [2.24, 2.45) is 5.92 Å². The maximum atomic E-state index is 12.3. The van der Waals surface area contributed by atoms with Gasteiger partial charge in [0.1, 0.15) is 0 Å². The van der Waals surface area contributed by atoms with Crippen molar-refractivity contribution in [3.05, 3.63) is 29.8 Å². The third-order valence-electron chi connectivity index (χ3n) is 3.34. The summed E-state index contributed by atoms with van der Waals surface area (Å²) in [5.74, 6) is 0.330. The topological polar surface area (TPSA) is 57.6 Å². The van der Waals surface area contributed by atoms with Crippen LogP contribution in [0.15, 0.2) is 29.2 Å². The van der Waals surface area contributed by atoms with Gasteiger partial charge in [-0.25, -0.2) is 12.7 Å². The molecule has 0 saturated carbocycles. The van der Waals surface area contributed by atoms with Gasteiger partial charge in [0.2, 0.25) is 10.0 Å². The first-order valence-electron chi connectivity index (χ1n) is 6.53. The van der Waals surface area contributed by atoms with Crippen molar-refractivity contribution in [2.75, 3.05) is 13.6 Å². The summed E-state index contributed by atoms with van der Waals surface area (Å²) in [4.78, 5) is 0.266. The number of benzene rings is 1. The molecular formula is C14H23NO3S. The Hall–Kier alpha value is -0.910. The highest BCUT2D eigenvalue weighted by atomic mass is 32.2. The van der Waals surface area contributed by atoms with Crippen LogP contribution in [-0.2, 0) is 10.0 Å². The maximum Gasteiger partial charge on any atom is 0.242 e. The summed E-state index contributed by atoms with van der Waals surface area (Å²) in [6, 6.07) is 6.39. The van der Waals surface area contributed by atoms with Crippen LogP contribution in [0.2, 0.25) is 0 Å². The van der Waals surface area contributed by atoms with E-state index in [2.05, 4.69) is 0 Å². The first kappa shape index (κ1) is 16.1. The highest BCUT2D eigenvalue weighted by Gasteiger charge is 2.21. The Morgan fingerprint density at radius 1 is 1.21 bits per heavy atom. The fraction of sp³-hybridized carbons (Fsp3) is 0.571. The quantitative estimate of drug-likeness (QED) is 0.873. The van der Waals surface area contributed by atoms with Crippen molar-refractivity contribution in [1.82, 2.24) is 4.31 Å². The van der Waals surface area contributed by atoms with Crippen LogP contribution in [0, 0.1) is 5.92 Å². The number of nitrogens with zero attached hydrogens (tertiary/aromatic N) is 1. The van der Waals surface area contributed by atoms with E-state index in [9.17, 15) is 13.5 Å². The van der Waals surface area contributed by atoms with Crippen molar-refractivity contribution < 1.29 is 13.5 Å². The molecule has 0 aliphatic rings. The van der Waals surface area contributed by atoms with E-state index in [1.165, 1.54) is 4.31 Å². The highest BCUT2D eigenvalue weighted by molar-refractivity contribution is 7.89. The predicted molar refractivity (Wildman–Crippen MR) is 76.3 cm³/mol. The van der Waals surface area contributed by atoms with Crippen molar-refractivity contribution in [3.63, 3.8) is 0 Å². The van der Waals surface area contributed by atoms with E-state index in [1.54, 1.807) is 38.2 Å². The molecule has 1 aromatic carbocycles. The molecule has 0 aliphatic carbocycles. The van der Waals surface area contributed by atoms with E-state index in [0.29, 0.717) is 18.0 Å². The fourth-order valence-corrected chi connectivity index (χ4v) is 3.06. The van der Waals surface area contributed by atoms with E-state index in [1.807, 2.05) is 13.8 Å². The number of aliphatic hydroxyl groups excluding tert-OH is 1. The van der Waals surface area contributed by atoms with Crippen LogP contribution in [-0.4, -0.2) is 31.4 Å². The SMILES string of the molecule is CCC(C)CN(C)S(=O)(=O)c1ccc(C(C)O)cc1. The average molecular weight is 285 g/mol. The number of hydrogen-bond acceptors (Lipinski definition) is 3. The van der Waals surface area contributed by atoms with Gasteiger partial charge in [-0.05, 0) is 30.5 Å². The van der Waals surface area contributed by atoms with Gasteiger partial charge >= 0.3 is 0 Å². The van der Waals surface area contributed by atoms with Gasteiger partial charge in [-0.1, -0.05) is 32.4 Å². The zero-order chi connectivity index (χ0) is 14.6. The van der Waals surface area contributed by atoms with Crippen LogP contribution < -0.4 is 0 Å². The van der Waals surface area contributed by atoms with Crippen molar-refractivity contribution in [2.45, 2.75) is 38.2 Å². The molecule has 0 spiro atoms. The molecule has 0 aliphatic heterocycles. The molecule has 0 bridgehead atoms. The third kappa shape index (κ3) is 4.03. The lowest BCUT2D eigenvalue weighted by Crippen LogP contribution is -2.31. The summed E-state index contributed by atoms with van der Waals surface area (Å²) in [5, 5.41) is 9.42. The summed E-state index contributed by atoms with van der Waals surface area (Å²) >= 11 is 0. The smallest absolute Gasteiger partial charge is 0.242 e. The lowest BCUT2D eigenvalue weighted by atomic mass is 10.1. The summed E-state index contributed by atoms with van der Waals surface area (Å²) in [6.07, 6.45) is 0.357. The molecule has 4 nitrogen and oxygen atoms in total. The molecule has 108 valence electrons. The first-order chi connectivity index (χ1) is 8.78. The highest BCUT2D eigenvalue weighted by Crippen LogP contribution is 2.19. The third-order valence-corrected chi connectivity index (χ3v) is 5.17. The summed E-state index contributed by atoms with van der Waals surface area (Å²) in [6.45, 7) is 6.24. The van der Waals surface area contributed by atoms with Crippen molar-refractivity contribution >= 4 is 10.0 Å². The molecule has 0 heterocycles. The van der Waals surface area contributed by atoms with Crippen LogP contribution in [0.1, 0.15) is 38.9 Å². The van der Waals surface area contributed by atoms with Gasteiger partial charge in [0.25, 0.3) is 0 Å². The molecule has 2 unspecified atom stereocenters. The molecule has 0 saturated heterocycles. The molecule has 5 heteroatoms. The van der Waals surface area contributed by atoms with Crippen LogP contribution in [0.3, 0.4) is 0 Å². The van der Waals surface area contributed by atoms with Gasteiger partial charge in [-0.3, -0.25) is 0 Å². The second kappa shape index (κ2) is 6.50. The minimum Gasteiger partial charge on any atom is -0.389 e. The first-order valence-corrected chi connectivity index (χ1v) is 7.97. The largest absolute Gasteiger partial charge is 0.389 e. The van der Waals surface area contributed by atoms with Crippen molar-refractivity contribution in [3.8, 4) is 0 Å². The number of sulfonamides is 1. The zero-order valence-corrected chi connectivity index (χ0v) is 12.8. The molecule has 0 fully saturated rings. The molecule has 0 amide bonds. The summed E-state index contributed by atoms with van der Waals surface area (Å²) in [5.41, 5.74) is 0.712. The minimum atomic E-state index is -3.43. The van der Waals surface area contributed by atoms with Gasteiger partial charge in [-0.2, -0.15) is 0 Å². The van der Waals surface area contributed by atoms with Gasteiger partial charge < -0.3 is 5.11 Å². The summed E-state index contributed by atoms with van der Waals surface area (Å²) < 4.78 is 26.0. The average Bonchev–Trinajstić information content (AvgIpc) is 2.38. The van der Waals surface area contributed by atoms with Crippen LogP contribution >= 0.6 is 0 Å². The second-order valence-corrected chi connectivity index (χ2v) is 7.09. The molecular weight excluding hydrogens is 262 g/mol. The van der Waals surface area contributed by atoms with E-state index < -0.39 is 16.1 Å². The lowest BCUT2D eigenvalue weighted by molar-refractivity contribution is 0.199. The molecule has 1 N–H and O–H groups in total. The van der Waals surface area contributed by atoms with Crippen molar-refractivity contribution in [1.29, 1.82) is 0 Å². The molecule has 0 radical (unpaired) electrons. The number of rotatable bonds is 6. The Bertz CT molecular complexity index is 494. The maximum absolute atomic E-state index is 12.3. The predicted octanol–water partition coefficient (Wildman–Crippen LogP) is 2.41. The van der Waals surface area contributed by atoms with Crippen LogP contribution in [0.5, 0.6) is 0 Å². The zero-order valence-electron chi connectivity index (χ0n) is 12.0. The van der Waals surface area contributed by atoms with E-state index in [-0.39, 0.29) is 4.90 Å². The van der Waals surface area contributed by atoms with Gasteiger partial charge in [-0.15, -0.1) is 0 Å². The van der Waals surface area contributed by atoms with Crippen LogP contribution in [0.4, 0.5) is 0 Å². The molecule has 0 aromatic heterocycles. The van der Waals surface area contributed by atoms with Crippen LogP contribution in [0.25, 0.3) is 0 Å². The molecule has 19 heavy (non-hydrogen) atoms. The Labute approximate surface area is 116 Å². The van der Waals surface area contributed by atoms with E-state index in [4.69, 9.17) is 0 Å². The minimum absolute atomic E-state index is 0.266.